The molecule has 4 rings (SSSR count). The first-order valence-corrected chi connectivity index (χ1v) is 10.1. The summed E-state index contributed by atoms with van der Waals surface area (Å²) in [5.74, 6) is 1.32. The van der Waals surface area contributed by atoms with E-state index in [2.05, 4.69) is 11.8 Å². The van der Waals surface area contributed by atoms with E-state index in [4.69, 9.17) is 9.47 Å². The molecule has 0 N–H and O–H groups in total. The third-order valence-corrected chi connectivity index (χ3v) is 5.37. The predicted octanol–water partition coefficient (Wildman–Crippen LogP) is 4.55. The van der Waals surface area contributed by atoms with Crippen molar-refractivity contribution in [2.45, 2.75) is 32.6 Å². The summed E-state index contributed by atoms with van der Waals surface area (Å²) in [4.78, 5) is 15.5. The summed E-state index contributed by atoms with van der Waals surface area (Å²) >= 11 is 0. The fourth-order valence-corrected chi connectivity index (χ4v) is 3.99. The summed E-state index contributed by atoms with van der Waals surface area (Å²) < 4.78 is 12.1. The van der Waals surface area contributed by atoms with Gasteiger partial charge < -0.3 is 9.47 Å². The summed E-state index contributed by atoms with van der Waals surface area (Å²) in [5, 5.41) is 0. The molecule has 27 heavy (non-hydrogen) atoms. The molecule has 2 aromatic carbocycles. The standard InChI is InChI=1S/C23H27NO3/c1-2-15-26-20-11-10-18-17-8-4-5-9-19(17)22(25)21(18)23(20)27-16-14-24-12-6-3-7-13-24/h4-5,8-11H,2-3,6-7,12-16H2,1H3. The van der Waals surface area contributed by atoms with Crippen LogP contribution >= 0.6 is 0 Å². The number of likely N-dealkylation sites (tertiary alicyclic amines) is 1. The first kappa shape index (κ1) is 18.1. The van der Waals surface area contributed by atoms with Crippen molar-refractivity contribution in [2.24, 2.45) is 0 Å². The Balaban J connectivity index is 1.61. The van der Waals surface area contributed by atoms with E-state index in [-0.39, 0.29) is 5.78 Å². The van der Waals surface area contributed by atoms with Gasteiger partial charge in [-0.05, 0) is 55.6 Å². The number of benzene rings is 2. The van der Waals surface area contributed by atoms with E-state index < -0.39 is 0 Å². The van der Waals surface area contributed by atoms with Gasteiger partial charge in [0, 0.05) is 12.1 Å². The molecule has 2 aliphatic rings. The van der Waals surface area contributed by atoms with E-state index in [1.807, 2.05) is 36.4 Å². The maximum absolute atomic E-state index is 13.1. The van der Waals surface area contributed by atoms with Crippen molar-refractivity contribution >= 4 is 5.78 Å². The van der Waals surface area contributed by atoms with Crippen LogP contribution in [0.1, 0.15) is 48.5 Å². The fourth-order valence-electron chi connectivity index (χ4n) is 3.99. The average molecular weight is 365 g/mol. The van der Waals surface area contributed by atoms with Gasteiger partial charge >= 0.3 is 0 Å². The highest BCUT2D eigenvalue weighted by Gasteiger charge is 2.32. The molecule has 0 unspecified atom stereocenters. The Morgan fingerprint density at radius 3 is 2.44 bits per heavy atom. The van der Waals surface area contributed by atoms with Crippen molar-refractivity contribution in [3.05, 3.63) is 47.5 Å². The van der Waals surface area contributed by atoms with Crippen LogP contribution in [0.2, 0.25) is 0 Å². The van der Waals surface area contributed by atoms with Gasteiger partial charge in [-0.25, -0.2) is 0 Å². The fraction of sp³-hybridized carbons (Fsp3) is 0.435. The molecule has 1 saturated heterocycles. The Bertz CT molecular complexity index is 824. The molecule has 1 aliphatic carbocycles. The van der Waals surface area contributed by atoms with E-state index in [1.165, 1.54) is 19.3 Å². The largest absolute Gasteiger partial charge is 0.490 e. The molecule has 4 nitrogen and oxygen atoms in total. The molecule has 142 valence electrons. The molecule has 0 bridgehead atoms. The number of nitrogens with zero attached hydrogens (tertiary/aromatic N) is 1. The van der Waals surface area contributed by atoms with Gasteiger partial charge in [-0.15, -0.1) is 0 Å². The Morgan fingerprint density at radius 2 is 1.67 bits per heavy atom. The number of hydrogen-bond acceptors (Lipinski definition) is 4. The van der Waals surface area contributed by atoms with Gasteiger partial charge in [-0.1, -0.05) is 37.6 Å². The lowest BCUT2D eigenvalue weighted by atomic mass is 10.0. The molecule has 0 radical (unpaired) electrons. The zero-order valence-corrected chi connectivity index (χ0v) is 16.0. The summed E-state index contributed by atoms with van der Waals surface area (Å²) in [5.41, 5.74) is 3.34. The number of ether oxygens (including phenoxy) is 2. The lowest BCUT2D eigenvalue weighted by molar-refractivity contribution is 0.103. The third kappa shape index (κ3) is 3.59. The molecular weight excluding hydrogens is 338 g/mol. The van der Waals surface area contributed by atoms with Gasteiger partial charge in [0.15, 0.2) is 17.3 Å². The number of piperidine rings is 1. The zero-order chi connectivity index (χ0) is 18.6. The molecule has 1 fully saturated rings. The molecule has 1 heterocycles. The minimum Gasteiger partial charge on any atom is -0.490 e. The van der Waals surface area contributed by atoms with E-state index in [0.29, 0.717) is 30.3 Å². The quantitative estimate of drug-likeness (QED) is 0.616. The highest BCUT2D eigenvalue weighted by Crippen LogP contribution is 2.45. The second-order valence-corrected chi connectivity index (χ2v) is 7.29. The van der Waals surface area contributed by atoms with Crippen molar-refractivity contribution in [3.63, 3.8) is 0 Å². The summed E-state index contributed by atoms with van der Waals surface area (Å²) in [6.45, 7) is 6.42. The molecule has 0 aromatic heterocycles. The molecule has 2 aromatic rings. The van der Waals surface area contributed by atoms with Gasteiger partial charge in [0.05, 0.1) is 12.2 Å². The Kier molecular flexibility index (Phi) is 5.44. The van der Waals surface area contributed by atoms with Crippen molar-refractivity contribution in [3.8, 4) is 22.6 Å². The number of rotatable bonds is 7. The second kappa shape index (κ2) is 8.13. The van der Waals surface area contributed by atoms with Crippen molar-refractivity contribution in [2.75, 3.05) is 32.8 Å². The Labute approximate surface area is 161 Å². The van der Waals surface area contributed by atoms with Crippen molar-refractivity contribution < 1.29 is 14.3 Å². The highest BCUT2D eigenvalue weighted by molar-refractivity contribution is 6.23. The highest BCUT2D eigenvalue weighted by atomic mass is 16.5. The topological polar surface area (TPSA) is 38.8 Å². The van der Waals surface area contributed by atoms with E-state index >= 15 is 0 Å². The molecule has 1 aliphatic heterocycles. The van der Waals surface area contributed by atoms with Crippen molar-refractivity contribution in [1.29, 1.82) is 0 Å². The van der Waals surface area contributed by atoms with Gasteiger partial charge in [-0.2, -0.15) is 0 Å². The van der Waals surface area contributed by atoms with E-state index in [0.717, 1.165) is 42.7 Å². The smallest absolute Gasteiger partial charge is 0.198 e. The number of carbonyl (C=O) groups is 1. The monoisotopic (exact) mass is 365 g/mol. The number of fused-ring (bicyclic) bond motifs is 3. The van der Waals surface area contributed by atoms with Crippen LogP contribution in [0.25, 0.3) is 11.1 Å². The van der Waals surface area contributed by atoms with Crippen LogP contribution in [0.5, 0.6) is 11.5 Å². The van der Waals surface area contributed by atoms with E-state index in [9.17, 15) is 4.79 Å². The van der Waals surface area contributed by atoms with Crippen LogP contribution < -0.4 is 9.47 Å². The summed E-state index contributed by atoms with van der Waals surface area (Å²) in [6, 6.07) is 11.7. The van der Waals surface area contributed by atoms with Gasteiger partial charge in [0.2, 0.25) is 0 Å². The number of carbonyl (C=O) groups excluding carboxylic acids is 1. The molecule has 0 spiro atoms. The summed E-state index contributed by atoms with van der Waals surface area (Å²) in [7, 11) is 0. The minimum absolute atomic E-state index is 0.0375. The van der Waals surface area contributed by atoms with Gasteiger partial charge in [0.1, 0.15) is 6.61 Å². The van der Waals surface area contributed by atoms with Crippen LogP contribution in [-0.2, 0) is 0 Å². The second-order valence-electron chi connectivity index (χ2n) is 7.29. The van der Waals surface area contributed by atoms with Gasteiger partial charge in [0.25, 0.3) is 0 Å². The van der Waals surface area contributed by atoms with E-state index in [1.54, 1.807) is 0 Å². The third-order valence-electron chi connectivity index (χ3n) is 5.37. The Hall–Kier alpha value is -2.33. The first-order chi connectivity index (χ1) is 13.3. The van der Waals surface area contributed by atoms with Gasteiger partial charge in [-0.3, -0.25) is 9.69 Å². The number of hydrogen-bond donors (Lipinski definition) is 0. The zero-order valence-electron chi connectivity index (χ0n) is 16.0. The molecule has 0 amide bonds. The molecule has 4 heteroatoms. The first-order valence-electron chi connectivity index (χ1n) is 10.1. The summed E-state index contributed by atoms with van der Waals surface area (Å²) in [6.07, 6.45) is 4.77. The minimum atomic E-state index is 0.0375. The Morgan fingerprint density at radius 1 is 0.889 bits per heavy atom. The molecular formula is C23H27NO3. The number of ketones is 1. The van der Waals surface area contributed by atoms with Crippen LogP contribution in [0.15, 0.2) is 36.4 Å². The van der Waals surface area contributed by atoms with Crippen LogP contribution in [0.3, 0.4) is 0 Å². The van der Waals surface area contributed by atoms with Crippen LogP contribution in [-0.4, -0.2) is 43.5 Å². The van der Waals surface area contributed by atoms with Crippen LogP contribution in [0, 0.1) is 0 Å². The normalized spacial score (nSPS) is 16.1. The maximum atomic E-state index is 13.1. The predicted molar refractivity (Wildman–Crippen MR) is 107 cm³/mol. The van der Waals surface area contributed by atoms with Crippen LogP contribution in [0.4, 0.5) is 0 Å². The lowest BCUT2D eigenvalue weighted by Crippen LogP contribution is -2.33. The molecule has 0 saturated carbocycles. The molecule has 0 atom stereocenters. The lowest BCUT2D eigenvalue weighted by Gasteiger charge is -2.26. The SMILES string of the molecule is CCCOc1ccc2c(c1OCCN1CCCCC1)C(=O)c1ccccc1-2. The average Bonchev–Trinajstić information content (AvgIpc) is 3.01. The maximum Gasteiger partial charge on any atom is 0.198 e. The van der Waals surface area contributed by atoms with Crippen molar-refractivity contribution in [1.82, 2.24) is 4.90 Å².